The molecule has 47 valence electrons. The van der Waals surface area contributed by atoms with Crippen molar-refractivity contribution in [3.63, 3.8) is 0 Å². The Kier molecular flexibility index (Phi) is 1.86. The molecule has 1 heterocycles. The highest BCUT2D eigenvalue weighted by atomic mass is 32.1. The zero-order chi connectivity index (χ0) is 6.69. The Labute approximate surface area is 55.2 Å². The molecular weight excluding hydrogens is 140 g/mol. The minimum absolute atomic E-state index is 0.282. The van der Waals surface area contributed by atoms with Crippen molar-refractivity contribution in [2.75, 3.05) is 0 Å². The van der Waals surface area contributed by atoms with Crippen molar-refractivity contribution in [2.45, 2.75) is 6.10 Å². The summed E-state index contributed by atoms with van der Waals surface area (Å²) in [4.78, 5) is 9.77. The van der Waals surface area contributed by atoms with E-state index >= 15 is 0 Å². The van der Waals surface area contributed by atoms with Crippen LogP contribution in [-0.4, -0.2) is 21.6 Å². The van der Waals surface area contributed by atoms with Crippen molar-refractivity contribution in [2.24, 2.45) is 0 Å². The molecule has 1 aromatic rings. The molecule has 4 nitrogen and oxygen atoms in total. The monoisotopic (exact) mass is 143 g/mol. The van der Waals surface area contributed by atoms with Crippen molar-refractivity contribution >= 4 is 17.6 Å². The third kappa shape index (κ3) is 1.30. The molecule has 1 radical (unpaired) electrons. The quantitative estimate of drug-likeness (QED) is 0.616. The van der Waals surface area contributed by atoms with E-state index in [9.17, 15) is 4.79 Å². The van der Waals surface area contributed by atoms with E-state index in [4.69, 9.17) is 5.11 Å². The fraction of sp³-hybridized carbons (Fsp3) is 0.250. The highest BCUT2D eigenvalue weighted by Crippen LogP contribution is 2.10. The lowest BCUT2D eigenvalue weighted by Gasteiger charge is -1.89. The maximum Gasteiger partial charge on any atom is 0.237 e. The van der Waals surface area contributed by atoms with Gasteiger partial charge in [0.15, 0.2) is 11.1 Å². The maximum atomic E-state index is 9.77. The SMILES string of the molecule is O=[C]C(O)c1nncs1. The largest absolute Gasteiger partial charge is 0.378 e. The predicted molar refractivity (Wildman–Crippen MR) is 30.6 cm³/mol. The average molecular weight is 143 g/mol. The lowest BCUT2D eigenvalue weighted by atomic mass is 10.4. The van der Waals surface area contributed by atoms with Gasteiger partial charge in [-0.05, 0) is 0 Å². The average Bonchev–Trinajstić information content (AvgIpc) is 2.37. The van der Waals surface area contributed by atoms with Crippen LogP contribution in [-0.2, 0) is 4.79 Å². The fourth-order valence-electron chi connectivity index (χ4n) is 0.351. The molecule has 0 aliphatic carbocycles. The van der Waals surface area contributed by atoms with E-state index in [1.54, 1.807) is 0 Å². The minimum Gasteiger partial charge on any atom is -0.378 e. The lowest BCUT2D eigenvalue weighted by molar-refractivity contribution is 0.238. The highest BCUT2D eigenvalue weighted by molar-refractivity contribution is 7.09. The molecule has 1 rings (SSSR count). The summed E-state index contributed by atoms with van der Waals surface area (Å²) >= 11 is 1.12. The number of aliphatic hydroxyl groups excluding tert-OH is 1. The van der Waals surface area contributed by atoms with E-state index in [0.717, 1.165) is 11.3 Å². The number of nitrogens with zero attached hydrogens (tertiary/aromatic N) is 2. The Bertz CT molecular complexity index is 186. The first-order chi connectivity index (χ1) is 4.34. The zero-order valence-electron chi connectivity index (χ0n) is 4.31. The molecular formula is C4H3N2O2S. The van der Waals surface area contributed by atoms with Crippen LogP contribution >= 0.6 is 11.3 Å². The summed E-state index contributed by atoms with van der Waals surface area (Å²) in [5.74, 6) is 0. The minimum atomic E-state index is -1.22. The Balaban J connectivity index is 2.76. The van der Waals surface area contributed by atoms with Gasteiger partial charge in [-0.1, -0.05) is 0 Å². The Morgan fingerprint density at radius 2 is 2.67 bits per heavy atom. The second-order valence-electron chi connectivity index (χ2n) is 1.30. The smallest absolute Gasteiger partial charge is 0.237 e. The molecule has 0 aliphatic rings. The summed E-state index contributed by atoms with van der Waals surface area (Å²) in [6.45, 7) is 0. The standard InChI is InChI=1S/C4H3N2O2S/c7-1-3(8)4-6-5-2-9-4/h2-3,8H. The van der Waals surface area contributed by atoms with Crippen LogP contribution in [0, 0.1) is 0 Å². The first-order valence-electron chi connectivity index (χ1n) is 2.16. The molecule has 0 aliphatic heterocycles. The van der Waals surface area contributed by atoms with Crippen LogP contribution in [0.5, 0.6) is 0 Å². The Morgan fingerprint density at radius 1 is 1.89 bits per heavy atom. The van der Waals surface area contributed by atoms with Gasteiger partial charge in [-0.2, -0.15) is 0 Å². The van der Waals surface area contributed by atoms with E-state index in [1.165, 1.54) is 11.8 Å². The molecule has 0 saturated carbocycles. The number of aliphatic hydroxyl groups is 1. The summed E-state index contributed by atoms with van der Waals surface area (Å²) in [7, 11) is 0. The van der Waals surface area contributed by atoms with Crippen LogP contribution in [0.2, 0.25) is 0 Å². The van der Waals surface area contributed by atoms with Gasteiger partial charge < -0.3 is 5.11 Å². The third-order valence-electron chi connectivity index (χ3n) is 0.722. The second kappa shape index (κ2) is 2.65. The van der Waals surface area contributed by atoms with Gasteiger partial charge in [-0.15, -0.1) is 21.5 Å². The van der Waals surface area contributed by atoms with E-state index in [0.29, 0.717) is 0 Å². The Hall–Kier alpha value is -0.810. The molecule has 1 N–H and O–H groups in total. The molecule has 0 bridgehead atoms. The first kappa shape index (κ1) is 6.31. The van der Waals surface area contributed by atoms with Crippen LogP contribution in [0.4, 0.5) is 0 Å². The predicted octanol–water partition coefficient (Wildman–Crippen LogP) is -0.319. The molecule has 5 heteroatoms. The zero-order valence-corrected chi connectivity index (χ0v) is 5.13. The number of aromatic nitrogens is 2. The molecule has 0 saturated heterocycles. The van der Waals surface area contributed by atoms with Crippen molar-refractivity contribution in [1.29, 1.82) is 0 Å². The molecule has 0 amide bonds. The van der Waals surface area contributed by atoms with Gasteiger partial charge in [0.2, 0.25) is 6.29 Å². The number of hydrogen-bond donors (Lipinski definition) is 1. The van der Waals surface area contributed by atoms with Gasteiger partial charge in [0.25, 0.3) is 0 Å². The summed E-state index contributed by atoms with van der Waals surface area (Å²) in [5, 5.41) is 15.8. The topological polar surface area (TPSA) is 63.1 Å². The first-order valence-corrected chi connectivity index (χ1v) is 3.04. The van der Waals surface area contributed by atoms with E-state index in [2.05, 4.69) is 10.2 Å². The van der Waals surface area contributed by atoms with Crippen molar-refractivity contribution in [3.8, 4) is 0 Å². The molecule has 0 aromatic carbocycles. The van der Waals surface area contributed by atoms with Gasteiger partial charge in [-0.3, -0.25) is 4.79 Å². The molecule has 9 heavy (non-hydrogen) atoms. The molecule has 1 atom stereocenters. The number of rotatable bonds is 2. The van der Waals surface area contributed by atoms with E-state index in [1.807, 2.05) is 0 Å². The number of hydrogen-bond acceptors (Lipinski definition) is 5. The third-order valence-corrected chi connectivity index (χ3v) is 1.47. The molecule has 0 spiro atoms. The van der Waals surface area contributed by atoms with Crippen LogP contribution in [0.25, 0.3) is 0 Å². The highest BCUT2D eigenvalue weighted by Gasteiger charge is 2.08. The summed E-state index contributed by atoms with van der Waals surface area (Å²) in [5.41, 5.74) is 1.44. The normalized spacial score (nSPS) is 13.0. The van der Waals surface area contributed by atoms with Crippen LogP contribution in [0.3, 0.4) is 0 Å². The van der Waals surface area contributed by atoms with Crippen LogP contribution in [0.1, 0.15) is 11.1 Å². The van der Waals surface area contributed by atoms with Crippen molar-refractivity contribution in [1.82, 2.24) is 10.2 Å². The van der Waals surface area contributed by atoms with Crippen LogP contribution < -0.4 is 0 Å². The summed E-state index contributed by atoms with van der Waals surface area (Å²) in [6, 6.07) is 0. The second-order valence-corrected chi connectivity index (χ2v) is 2.16. The molecule has 1 unspecified atom stereocenters. The molecule has 1 aromatic heterocycles. The maximum absolute atomic E-state index is 9.77. The van der Waals surface area contributed by atoms with Gasteiger partial charge in [0.1, 0.15) is 5.51 Å². The van der Waals surface area contributed by atoms with Gasteiger partial charge in [0, 0.05) is 0 Å². The molecule has 0 fully saturated rings. The lowest BCUT2D eigenvalue weighted by Crippen LogP contribution is -1.96. The van der Waals surface area contributed by atoms with Crippen molar-refractivity contribution < 1.29 is 9.90 Å². The van der Waals surface area contributed by atoms with E-state index < -0.39 is 6.10 Å². The van der Waals surface area contributed by atoms with Crippen molar-refractivity contribution in [3.05, 3.63) is 10.5 Å². The van der Waals surface area contributed by atoms with Crippen LogP contribution in [0.15, 0.2) is 5.51 Å². The van der Waals surface area contributed by atoms with Gasteiger partial charge in [0.05, 0.1) is 0 Å². The van der Waals surface area contributed by atoms with E-state index in [-0.39, 0.29) is 5.01 Å². The fourth-order valence-corrected chi connectivity index (χ4v) is 0.825. The Morgan fingerprint density at radius 3 is 3.11 bits per heavy atom. The number of carbonyl (C=O) groups excluding carboxylic acids is 1. The summed E-state index contributed by atoms with van der Waals surface area (Å²) < 4.78 is 0. The summed E-state index contributed by atoms with van der Waals surface area (Å²) in [6.07, 6.45) is 0.156. The van der Waals surface area contributed by atoms with Gasteiger partial charge >= 0.3 is 0 Å². The van der Waals surface area contributed by atoms with Gasteiger partial charge in [-0.25, -0.2) is 0 Å².